The van der Waals surface area contributed by atoms with Crippen LogP contribution in [0.25, 0.3) is 27.4 Å². The van der Waals surface area contributed by atoms with Crippen molar-refractivity contribution < 1.29 is 23.1 Å². The number of benzene rings is 2. The molecule has 6 nitrogen and oxygen atoms in total. The van der Waals surface area contributed by atoms with Gasteiger partial charge in [-0.3, -0.25) is 0 Å². The Kier molecular flexibility index (Phi) is 4.63. The first-order valence-corrected chi connectivity index (χ1v) is 9.03. The van der Waals surface area contributed by atoms with Crippen LogP contribution in [0.4, 0.5) is 13.2 Å². The second-order valence-corrected chi connectivity index (χ2v) is 6.99. The second-order valence-electron chi connectivity index (χ2n) is 5.96. The maximum Gasteiger partial charge on any atom is 0.427 e. The molecule has 29 heavy (non-hydrogen) atoms. The molecule has 146 valence electrons. The van der Waals surface area contributed by atoms with E-state index in [9.17, 15) is 23.1 Å². The van der Waals surface area contributed by atoms with Crippen LogP contribution in [0.2, 0.25) is 0 Å². The molecule has 4 rings (SSSR count). The Balaban J connectivity index is 1.72. The lowest BCUT2D eigenvalue weighted by Crippen LogP contribution is -2.07. The normalized spacial score (nSPS) is 11.6. The van der Waals surface area contributed by atoms with Crippen molar-refractivity contribution in [2.24, 2.45) is 0 Å². The monoisotopic (exact) mass is 416 g/mol. The molecule has 0 atom stereocenters. The number of carboxylic acid groups (broad SMARTS) is 1. The third-order valence-corrected chi connectivity index (χ3v) is 5.21. The van der Waals surface area contributed by atoms with E-state index in [1.807, 2.05) is 0 Å². The van der Waals surface area contributed by atoms with Gasteiger partial charge in [-0.25, -0.2) is 14.5 Å². The third kappa shape index (κ3) is 3.61. The summed E-state index contributed by atoms with van der Waals surface area (Å²) in [6.07, 6.45) is -2.46. The second kappa shape index (κ2) is 7.13. The van der Waals surface area contributed by atoms with E-state index in [1.165, 1.54) is 4.68 Å². The Morgan fingerprint density at radius 3 is 2.31 bits per heavy atom. The van der Waals surface area contributed by atoms with Crippen LogP contribution in [0.3, 0.4) is 0 Å². The maximum atomic E-state index is 12.9. The number of nitrogens with zero attached hydrogens (tertiary/aromatic N) is 4. The number of alkyl halides is 3. The predicted molar refractivity (Wildman–Crippen MR) is 99.9 cm³/mol. The van der Waals surface area contributed by atoms with Gasteiger partial charge in [-0.2, -0.15) is 13.2 Å². The van der Waals surface area contributed by atoms with Crippen molar-refractivity contribution in [1.29, 1.82) is 0 Å². The van der Waals surface area contributed by atoms with Gasteiger partial charge in [-0.15, -0.1) is 16.4 Å². The molecule has 0 saturated heterocycles. The van der Waals surface area contributed by atoms with E-state index < -0.39 is 17.0 Å². The summed E-state index contributed by atoms with van der Waals surface area (Å²) in [7, 11) is 0. The lowest BCUT2D eigenvalue weighted by Gasteiger charge is -2.09. The molecular formula is C19H11F3N4O2S. The van der Waals surface area contributed by atoms with E-state index in [4.69, 9.17) is 0 Å². The number of aromatic nitrogens is 4. The molecule has 0 aliphatic heterocycles. The first-order valence-electron chi connectivity index (χ1n) is 8.22. The molecule has 10 heteroatoms. The minimum atomic E-state index is -4.44. The fraction of sp³-hybridized carbons (Fsp3) is 0.0526. The van der Waals surface area contributed by atoms with Crippen molar-refractivity contribution in [2.75, 3.05) is 0 Å². The smallest absolute Gasteiger partial charge is 0.427 e. The number of carboxylic acids is 1. The summed E-state index contributed by atoms with van der Waals surface area (Å²) >= 11 is 0.584. The van der Waals surface area contributed by atoms with Gasteiger partial charge >= 0.3 is 12.1 Å². The van der Waals surface area contributed by atoms with E-state index in [0.717, 1.165) is 18.0 Å². The maximum absolute atomic E-state index is 12.9. The molecular weight excluding hydrogens is 405 g/mol. The number of hydrogen-bond acceptors (Lipinski definition) is 5. The summed E-state index contributed by atoms with van der Waals surface area (Å²) in [6, 6.07) is 13.8. The van der Waals surface area contributed by atoms with Crippen LogP contribution in [-0.4, -0.2) is 31.1 Å². The molecule has 0 aliphatic carbocycles. The molecule has 2 heterocycles. The molecule has 0 saturated carbocycles. The highest BCUT2D eigenvalue weighted by Gasteiger charge is 2.33. The number of aromatic carboxylic acids is 1. The standard InChI is InChI=1S/C19H11F3N4O2S/c20-19(21,22)16-10-23-17(29-16)14-4-2-1-3-13(14)11-5-7-12(8-6-11)26-15(18(27)28)9-24-25-26/h1-10H,(H,27,28). The van der Waals surface area contributed by atoms with Crippen LogP contribution in [-0.2, 0) is 6.18 Å². The van der Waals surface area contributed by atoms with Gasteiger partial charge in [0.1, 0.15) is 9.88 Å². The van der Waals surface area contributed by atoms with E-state index in [0.29, 0.717) is 28.2 Å². The lowest BCUT2D eigenvalue weighted by atomic mass is 10.00. The van der Waals surface area contributed by atoms with Crippen molar-refractivity contribution in [3.63, 3.8) is 0 Å². The van der Waals surface area contributed by atoms with Gasteiger partial charge in [0.2, 0.25) is 0 Å². The van der Waals surface area contributed by atoms with Gasteiger partial charge in [0.15, 0.2) is 5.69 Å². The number of thiazole rings is 1. The highest BCUT2D eigenvalue weighted by molar-refractivity contribution is 7.15. The van der Waals surface area contributed by atoms with Gasteiger partial charge in [-0.1, -0.05) is 41.6 Å². The lowest BCUT2D eigenvalue weighted by molar-refractivity contribution is -0.134. The topological polar surface area (TPSA) is 80.9 Å². The van der Waals surface area contributed by atoms with Crippen molar-refractivity contribution in [3.8, 4) is 27.4 Å². The van der Waals surface area contributed by atoms with Crippen molar-refractivity contribution in [3.05, 3.63) is 71.5 Å². The zero-order valence-corrected chi connectivity index (χ0v) is 15.3. The molecule has 2 aromatic carbocycles. The molecule has 0 unspecified atom stereocenters. The molecule has 0 spiro atoms. The predicted octanol–water partition coefficient (Wildman–Crippen LogP) is 4.77. The minimum absolute atomic E-state index is 0.0828. The van der Waals surface area contributed by atoms with Crippen LogP contribution >= 0.6 is 11.3 Å². The van der Waals surface area contributed by atoms with Crippen LogP contribution < -0.4 is 0 Å². The van der Waals surface area contributed by atoms with Crippen molar-refractivity contribution in [1.82, 2.24) is 20.0 Å². The van der Waals surface area contributed by atoms with E-state index >= 15 is 0 Å². The summed E-state index contributed by atoms with van der Waals surface area (Å²) in [5.74, 6) is -1.16. The van der Waals surface area contributed by atoms with Gasteiger partial charge in [0, 0.05) is 5.56 Å². The SMILES string of the molecule is O=C(O)c1cnnn1-c1ccc(-c2ccccc2-c2ncc(C(F)(F)F)s2)cc1. The fourth-order valence-corrected chi connectivity index (χ4v) is 3.63. The first-order chi connectivity index (χ1) is 13.8. The van der Waals surface area contributed by atoms with E-state index in [-0.39, 0.29) is 10.7 Å². The van der Waals surface area contributed by atoms with Gasteiger partial charge < -0.3 is 5.11 Å². The Morgan fingerprint density at radius 1 is 1.00 bits per heavy atom. The zero-order chi connectivity index (χ0) is 20.6. The Hall–Kier alpha value is -3.53. The van der Waals surface area contributed by atoms with Crippen molar-refractivity contribution >= 4 is 17.3 Å². The number of carbonyl (C=O) groups is 1. The van der Waals surface area contributed by atoms with Crippen LogP contribution in [0, 0.1) is 0 Å². The van der Waals surface area contributed by atoms with Gasteiger partial charge in [0.05, 0.1) is 18.1 Å². The highest BCUT2D eigenvalue weighted by atomic mass is 32.1. The Morgan fingerprint density at radius 2 is 1.69 bits per heavy atom. The molecule has 1 N–H and O–H groups in total. The molecule has 0 radical (unpaired) electrons. The summed E-state index contributed by atoms with van der Waals surface area (Å²) in [6.45, 7) is 0. The van der Waals surface area contributed by atoms with Crippen LogP contribution in [0.5, 0.6) is 0 Å². The first kappa shape index (κ1) is 18.8. The summed E-state index contributed by atoms with van der Waals surface area (Å²) in [5, 5.41) is 16.8. The molecule has 0 fully saturated rings. The zero-order valence-electron chi connectivity index (χ0n) is 14.5. The Bertz CT molecular complexity index is 1180. The van der Waals surface area contributed by atoms with Crippen molar-refractivity contribution in [2.45, 2.75) is 6.18 Å². The van der Waals surface area contributed by atoms with E-state index in [1.54, 1.807) is 48.5 Å². The number of rotatable bonds is 4. The Labute approximate surface area is 165 Å². The fourth-order valence-electron chi connectivity index (χ4n) is 2.80. The van der Waals surface area contributed by atoms with Gasteiger partial charge in [0.25, 0.3) is 0 Å². The average Bonchev–Trinajstić information content (AvgIpc) is 3.38. The quantitative estimate of drug-likeness (QED) is 0.518. The summed E-state index contributed by atoms with van der Waals surface area (Å²) < 4.78 is 40.0. The van der Waals surface area contributed by atoms with E-state index in [2.05, 4.69) is 15.3 Å². The van der Waals surface area contributed by atoms with Crippen LogP contribution in [0.1, 0.15) is 15.4 Å². The molecule has 4 aromatic rings. The summed E-state index contributed by atoms with van der Waals surface area (Å²) in [5.41, 5.74) is 2.44. The number of hydrogen-bond donors (Lipinski definition) is 1. The molecule has 0 bridgehead atoms. The molecule has 2 aromatic heterocycles. The molecule has 0 aliphatic rings. The molecule has 0 amide bonds. The third-order valence-electron chi connectivity index (χ3n) is 4.13. The minimum Gasteiger partial charge on any atom is -0.476 e. The van der Waals surface area contributed by atoms with Gasteiger partial charge in [-0.05, 0) is 23.3 Å². The highest BCUT2D eigenvalue weighted by Crippen LogP contribution is 2.39. The average molecular weight is 416 g/mol. The largest absolute Gasteiger partial charge is 0.476 e. The van der Waals surface area contributed by atoms with Crippen LogP contribution in [0.15, 0.2) is 60.9 Å². The number of halogens is 3. The summed E-state index contributed by atoms with van der Waals surface area (Å²) in [4.78, 5) is 14.4.